The fourth-order valence-corrected chi connectivity index (χ4v) is 7.62. The summed E-state index contributed by atoms with van der Waals surface area (Å²) >= 11 is 0. The molecule has 7 atom stereocenters. The molecule has 0 N–H and O–H groups in total. The van der Waals surface area contributed by atoms with Crippen molar-refractivity contribution in [2.75, 3.05) is 13.7 Å². The summed E-state index contributed by atoms with van der Waals surface area (Å²) in [5.74, 6) is -3.26. The number of Topliss-reactive ketones (excluding diaryl/α,β-unsaturated/α-hetero) is 2. The third-order valence-corrected chi connectivity index (χ3v) is 9.06. The Kier molecular flexibility index (Phi) is 5.82. The summed E-state index contributed by atoms with van der Waals surface area (Å²) in [4.78, 5) is 51.6. The Labute approximate surface area is 200 Å². The maximum atomic E-state index is 13.8. The average Bonchev–Trinajstić information content (AvgIpc) is 3.32. The summed E-state index contributed by atoms with van der Waals surface area (Å²) < 4.78 is 29.4. The monoisotopic (exact) mass is 480 g/mol. The minimum atomic E-state index is -1.79. The summed E-state index contributed by atoms with van der Waals surface area (Å²) in [7, 11) is 1.57. The van der Waals surface area contributed by atoms with Crippen LogP contribution in [0.4, 0.5) is 0 Å². The molecule has 0 unspecified atom stereocenters. The first-order valence-electron chi connectivity index (χ1n) is 12.0. The van der Waals surface area contributed by atoms with Crippen molar-refractivity contribution in [1.29, 1.82) is 0 Å². The number of fused-ring (bicyclic) bond motifs is 2. The van der Waals surface area contributed by atoms with Crippen molar-refractivity contribution in [3.05, 3.63) is 0 Å². The second-order valence-corrected chi connectivity index (χ2v) is 11.4. The average molecular weight is 481 g/mol. The maximum absolute atomic E-state index is 13.8. The topological polar surface area (TPSA) is 114 Å². The number of ether oxygens (including phenoxy) is 5. The molecule has 0 aromatic carbocycles. The Bertz CT molecular complexity index is 927. The molecule has 190 valence electrons. The minimum Gasteiger partial charge on any atom is -0.462 e. The first-order valence-corrected chi connectivity index (χ1v) is 12.0. The molecule has 2 aliphatic carbocycles. The highest BCUT2D eigenvalue weighted by atomic mass is 16.7. The molecule has 2 aliphatic heterocycles. The van der Waals surface area contributed by atoms with E-state index in [1.807, 2.05) is 20.8 Å². The summed E-state index contributed by atoms with van der Waals surface area (Å²) in [6.07, 6.45) is 1.45. The molecule has 9 nitrogen and oxygen atoms in total. The molecule has 0 bridgehead atoms. The van der Waals surface area contributed by atoms with Gasteiger partial charge in [0.15, 0.2) is 6.29 Å². The van der Waals surface area contributed by atoms with E-state index in [4.69, 9.17) is 23.7 Å². The second kappa shape index (κ2) is 7.83. The van der Waals surface area contributed by atoms with Crippen molar-refractivity contribution < 1.29 is 42.9 Å². The highest BCUT2D eigenvalue weighted by molar-refractivity contribution is 6.42. The standard InChI is InChI=1S/C25H36O9/c1-14(26)32-16-8-9-22(5)19(21(16,3)4)18(28)20(29)23(6,33-15(2)27)25(22)11-10-24(34-25)12-17(30-7)31-13-24/h16-17,19H,8-13H2,1-7H3/t16-,17-,19+,22+,23+,24+,25+/m1/s1. The van der Waals surface area contributed by atoms with Crippen LogP contribution in [0.5, 0.6) is 0 Å². The second-order valence-electron chi connectivity index (χ2n) is 11.4. The van der Waals surface area contributed by atoms with E-state index in [1.165, 1.54) is 20.8 Å². The third kappa shape index (κ3) is 3.23. The summed E-state index contributed by atoms with van der Waals surface area (Å²) in [5.41, 5.74) is -5.47. The smallest absolute Gasteiger partial charge is 0.303 e. The number of carbonyl (C=O) groups is 4. The van der Waals surface area contributed by atoms with Gasteiger partial charge in [0.1, 0.15) is 11.7 Å². The molecule has 2 saturated heterocycles. The van der Waals surface area contributed by atoms with Gasteiger partial charge in [0, 0.05) is 44.1 Å². The fourth-order valence-electron chi connectivity index (χ4n) is 7.62. The molecule has 0 aromatic rings. The molecule has 0 radical (unpaired) electrons. The number of esters is 2. The van der Waals surface area contributed by atoms with Crippen LogP contribution >= 0.6 is 0 Å². The summed E-state index contributed by atoms with van der Waals surface area (Å²) in [6.45, 7) is 10.1. The Morgan fingerprint density at radius 3 is 2.24 bits per heavy atom. The normalized spacial score (nSPS) is 45.4. The lowest BCUT2D eigenvalue weighted by atomic mass is 9.42. The fraction of sp³-hybridized carbons (Fsp3) is 0.840. The highest BCUT2D eigenvalue weighted by Gasteiger charge is 2.80. The number of methoxy groups -OCH3 is 1. The van der Waals surface area contributed by atoms with Crippen LogP contribution in [0, 0.1) is 16.7 Å². The lowest BCUT2D eigenvalue weighted by Gasteiger charge is -2.65. The minimum absolute atomic E-state index is 0.283. The van der Waals surface area contributed by atoms with Crippen LogP contribution in [0.15, 0.2) is 0 Å². The molecular formula is C25H36O9. The van der Waals surface area contributed by atoms with E-state index < -0.39 is 69.5 Å². The van der Waals surface area contributed by atoms with Crippen molar-refractivity contribution in [3.63, 3.8) is 0 Å². The van der Waals surface area contributed by atoms with Crippen molar-refractivity contribution in [1.82, 2.24) is 0 Å². The van der Waals surface area contributed by atoms with E-state index in [0.717, 1.165) is 0 Å². The Hall–Kier alpha value is -1.84. The van der Waals surface area contributed by atoms with E-state index >= 15 is 0 Å². The van der Waals surface area contributed by atoms with Crippen LogP contribution < -0.4 is 0 Å². The van der Waals surface area contributed by atoms with Gasteiger partial charge in [-0.25, -0.2) is 0 Å². The zero-order valence-electron chi connectivity index (χ0n) is 21.1. The maximum Gasteiger partial charge on any atom is 0.303 e. The summed E-state index contributed by atoms with van der Waals surface area (Å²) in [5, 5.41) is 0. The molecule has 4 rings (SSSR count). The van der Waals surface area contributed by atoms with Crippen LogP contribution in [-0.4, -0.2) is 66.4 Å². The molecule has 9 heteroatoms. The van der Waals surface area contributed by atoms with Gasteiger partial charge in [-0.15, -0.1) is 0 Å². The number of ketones is 2. The zero-order valence-corrected chi connectivity index (χ0v) is 21.1. The lowest BCUT2D eigenvalue weighted by molar-refractivity contribution is -0.286. The van der Waals surface area contributed by atoms with Gasteiger partial charge < -0.3 is 23.7 Å². The van der Waals surface area contributed by atoms with Gasteiger partial charge in [-0.2, -0.15) is 0 Å². The van der Waals surface area contributed by atoms with E-state index in [9.17, 15) is 19.2 Å². The number of hydrogen-bond donors (Lipinski definition) is 0. The van der Waals surface area contributed by atoms with Gasteiger partial charge in [0.2, 0.25) is 17.2 Å². The van der Waals surface area contributed by atoms with Gasteiger partial charge in [0.25, 0.3) is 0 Å². The zero-order chi connectivity index (χ0) is 25.3. The van der Waals surface area contributed by atoms with Crippen LogP contribution in [0.3, 0.4) is 0 Å². The van der Waals surface area contributed by atoms with Crippen LogP contribution in [0.2, 0.25) is 0 Å². The predicted octanol–water partition coefficient (Wildman–Crippen LogP) is 2.51. The quantitative estimate of drug-likeness (QED) is 0.444. The molecule has 0 aromatic heterocycles. The molecule has 2 saturated carbocycles. The number of carbonyl (C=O) groups excluding carboxylic acids is 4. The van der Waals surface area contributed by atoms with Crippen molar-refractivity contribution in [3.8, 4) is 0 Å². The van der Waals surface area contributed by atoms with Gasteiger partial charge in [-0.1, -0.05) is 20.8 Å². The lowest BCUT2D eigenvalue weighted by Crippen LogP contribution is -2.78. The summed E-state index contributed by atoms with van der Waals surface area (Å²) in [6, 6.07) is 0. The van der Waals surface area contributed by atoms with E-state index in [-0.39, 0.29) is 6.61 Å². The van der Waals surface area contributed by atoms with Gasteiger partial charge in [-0.3, -0.25) is 19.2 Å². The molecule has 4 fully saturated rings. The van der Waals surface area contributed by atoms with Crippen LogP contribution in [-0.2, 0) is 42.9 Å². The molecule has 2 spiro atoms. The van der Waals surface area contributed by atoms with Gasteiger partial charge in [0.05, 0.1) is 12.2 Å². The van der Waals surface area contributed by atoms with E-state index in [2.05, 4.69) is 0 Å². The first-order chi connectivity index (χ1) is 15.7. The van der Waals surface area contributed by atoms with Crippen molar-refractivity contribution >= 4 is 23.5 Å². The van der Waals surface area contributed by atoms with Gasteiger partial charge in [-0.05, 0) is 32.6 Å². The van der Waals surface area contributed by atoms with E-state index in [0.29, 0.717) is 32.1 Å². The van der Waals surface area contributed by atoms with Crippen molar-refractivity contribution in [2.45, 2.75) is 103 Å². The van der Waals surface area contributed by atoms with Crippen LogP contribution in [0.25, 0.3) is 0 Å². The number of hydrogen-bond acceptors (Lipinski definition) is 9. The van der Waals surface area contributed by atoms with Crippen molar-refractivity contribution in [2.24, 2.45) is 16.7 Å². The number of rotatable bonds is 3. The largest absolute Gasteiger partial charge is 0.462 e. The Morgan fingerprint density at radius 1 is 1.00 bits per heavy atom. The molecular weight excluding hydrogens is 444 g/mol. The Morgan fingerprint density at radius 2 is 1.68 bits per heavy atom. The molecule has 2 heterocycles. The van der Waals surface area contributed by atoms with Gasteiger partial charge >= 0.3 is 11.9 Å². The molecule has 0 amide bonds. The Balaban J connectivity index is 1.87. The molecule has 4 aliphatic rings. The van der Waals surface area contributed by atoms with Crippen LogP contribution in [0.1, 0.15) is 73.6 Å². The SMILES string of the molecule is CO[C@H]1C[C@@]2(CC[C@@]3(O2)[C@@](C)(OC(C)=O)C(=O)C(=O)[C@H]2C(C)(C)[C@H](OC(C)=O)CC[C@@]23C)CO1. The van der Waals surface area contributed by atoms with E-state index in [1.54, 1.807) is 7.11 Å². The first kappa shape index (κ1) is 25.3. The molecule has 34 heavy (non-hydrogen) atoms. The predicted molar refractivity (Wildman–Crippen MR) is 117 cm³/mol. The third-order valence-electron chi connectivity index (χ3n) is 9.06. The highest BCUT2D eigenvalue weighted by Crippen LogP contribution is 2.68.